The zero-order valence-electron chi connectivity index (χ0n) is 17.4. The third kappa shape index (κ3) is 2.77. The van der Waals surface area contributed by atoms with E-state index < -0.39 is 5.72 Å². The monoisotopic (exact) mass is 406 g/mol. The Morgan fingerprint density at radius 2 is 1.80 bits per heavy atom. The highest BCUT2D eigenvalue weighted by Gasteiger charge is 2.54. The minimum atomic E-state index is -0.490. The van der Waals surface area contributed by atoms with Crippen molar-refractivity contribution in [2.75, 3.05) is 19.8 Å². The molecule has 156 valence electrons. The highest BCUT2D eigenvalue weighted by Crippen LogP contribution is 2.52. The normalized spacial score (nSPS) is 28.4. The van der Waals surface area contributed by atoms with E-state index in [0.29, 0.717) is 19.8 Å². The van der Waals surface area contributed by atoms with Crippen molar-refractivity contribution >= 4 is 5.71 Å². The van der Waals surface area contributed by atoms with Gasteiger partial charge in [0.1, 0.15) is 19.0 Å². The van der Waals surface area contributed by atoms with Crippen LogP contribution in [0, 0.1) is 0 Å². The van der Waals surface area contributed by atoms with Crippen LogP contribution < -0.4 is 14.2 Å². The summed E-state index contributed by atoms with van der Waals surface area (Å²) in [7, 11) is 0. The van der Waals surface area contributed by atoms with Gasteiger partial charge in [0.05, 0.1) is 24.0 Å². The van der Waals surface area contributed by atoms with E-state index in [-0.39, 0.29) is 11.6 Å². The molecule has 0 radical (unpaired) electrons. The Labute approximate surface area is 176 Å². The number of hydrogen-bond acceptors (Lipinski definition) is 6. The summed E-state index contributed by atoms with van der Waals surface area (Å²) in [6, 6.07) is 14.6. The summed E-state index contributed by atoms with van der Waals surface area (Å²) in [4.78, 5) is 0. The SMILES string of the molecule is CC1(C)CC2(CCO1)Oc1ccccc1C1CC(c3ccc4c(c3)OCCO4)=NN12. The number of benzene rings is 2. The number of rotatable bonds is 1. The van der Waals surface area contributed by atoms with Crippen LogP contribution in [0.15, 0.2) is 47.6 Å². The molecule has 6 nitrogen and oxygen atoms in total. The molecule has 1 spiro atoms. The highest BCUT2D eigenvalue weighted by atomic mass is 16.6. The molecule has 2 aromatic carbocycles. The lowest BCUT2D eigenvalue weighted by molar-refractivity contribution is -0.212. The van der Waals surface area contributed by atoms with Crippen molar-refractivity contribution in [2.45, 2.75) is 50.5 Å². The molecule has 1 saturated heterocycles. The summed E-state index contributed by atoms with van der Waals surface area (Å²) in [5, 5.41) is 7.36. The van der Waals surface area contributed by atoms with Gasteiger partial charge in [0.25, 0.3) is 0 Å². The molecule has 2 atom stereocenters. The number of para-hydroxylation sites is 1. The van der Waals surface area contributed by atoms with E-state index in [4.69, 9.17) is 24.0 Å². The average molecular weight is 406 g/mol. The van der Waals surface area contributed by atoms with Gasteiger partial charge in [-0.2, -0.15) is 5.10 Å². The smallest absolute Gasteiger partial charge is 0.203 e. The Balaban J connectivity index is 1.43. The maximum absolute atomic E-state index is 6.68. The van der Waals surface area contributed by atoms with E-state index in [2.05, 4.69) is 49.2 Å². The molecule has 4 aliphatic heterocycles. The van der Waals surface area contributed by atoms with E-state index in [9.17, 15) is 0 Å². The van der Waals surface area contributed by atoms with Crippen LogP contribution in [0.5, 0.6) is 17.2 Å². The molecule has 0 bridgehead atoms. The van der Waals surface area contributed by atoms with Crippen molar-refractivity contribution in [1.29, 1.82) is 0 Å². The molecule has 2 aromatic rings. The Morgan fingerprint density at radius 3 is 2.67 bits per heavy atom. The van der Waals surface area contributed by atoms with Crippen molar-refractivity contribution in [3.05, 3.63) is 53.6 Å². The Hall–Kier alpha value is -2.73. The van der Waals surface area contributed by atoms with Crippen LogP contribution in [0.25, 0.3) is 0 Å². The van der Waals surface area contributed by atoms with Crippen LogP contribution in [0.3, 0.4) is 0 Å². The van der Waals surface area contributed by atoms with Crippen LogP contribution in [-0.2, 0) is 4.74 Å². The fourth-order valence-corrected chi connectivity index (χ4v) is 5.20. The molecule has 4 aliphatic rings. The van der Waals surface area contributed by atoms with Crippen LogP contribution in [0.2, 0.25) is 0 Å². The third-order valence-corrected chi connectivity index (χ3v) is 6.47. The van der Waals surface area contributed by atoms with E-state index in [0.717, 1.165) is 47.8 Å². The summed E-state index contributed by atoms with van der Waals surface area (Å²) >= 11 is 0. The van der Waals surface area contributed by atoms with Gasteiger partial charge in [-0.3, -0.25) is 0 Å². The first kappa shape index (κ1) is 18.1. The predicted octanol–water partition coefficient (Wildman–Crippen LogP) is 4.29. The van der Waals surface area contributed by atoms with Crippen molar-refractivity contribution in [2.24, 2.45) is 5.10 Å². The number of ether oxygens (including phenoxy) is 4. The van der Waals surface area contributed by atoms with Gasteiger partial charge in [0.15, 0.2) is 11.5 Å². The second-order valence-corrected chi connectivity index (χ2v) is 9.09. The zero-order valence-corrected chi connectivity index (χ0v) is 17.4. The maximum atomic E-state index is 6.68. The molecule has 6 rings (SSSR count). The Kier molecular flexibility index (Phi) is 3.84. The van der Waals surface area contributed by atoms with Gasteiger partial charge in [0, 0.05) is 30.4 Å². The largest absolute Gasteiger partial charge is 0.486 e. The van der Waals surface area contributed by atoms with Crippen LogP contribution in [0.4, 0.5) is 0 Å². The second-order valence-electron chi connectivity index (χ2n) is 9.09. The summed E-state index contributed by atoms with van der Waals surface area (Å²) in [5.74, 6) is 2.57. The topological polar surface area (TPSA) is 52.5 Å². The van der Waals surface area contributed by atoms with E-state index in [1.54, 1.807) is 0 Å². The molecular weight excluding hydrogens is 380 g/mol. The molecule has 0 aliphatic carbocycles. The number of nitrogens with zero attached hydrogens (tertiary/aromatic N) is 2. The van der Waals surface area contributed by atoms with Crippen molar-refractivity contribution in [3.63, 3.8) is 0 Å². The molecule has 1 fully saturated rings. The standard InChI is InChI=1S/C24H26N2O4/c1-23(2)15-24(9-10-29-23)26-19(17-5-3-4-6-20(17)30-24)14-18(25-26)16-7-8-21-22(13-16)28-12-11-27-21/h3-8,13,19H,9-12,14-15H2,1-2H3. The minimum Gasteiger partial charge on any atom is -0.486 e. The zero-order chi connectivity index (χ0) is 20.3. The highest BCUT2D eigenvalue weighted by molar-refractivity contribution is 6.02. The molecule has 2 unspecified atom stereocenters. The molecular formula is C24H26N2O4. The van der Waals surface area contributed by atoms with Crippen LogP contribution in [0.1, 0.15) is 50.3 Å². The summed E-state index contributed by atoms with van der Waals surface area (Å²) < 4.78 is 24.2. The van der Waals surface area contributed by atoms with Gasteiger partial charge in [-0.25, -0.2) is 5.01 Å². The van der Waals surface area contributed by atoms with Gasteiger partial charge in [0.2, 0.25) is 5.72 Å². The Morgan fingerprint density at radius 1 is 0.967 bits per heavy atom. The summed E-state index contributed by atoms with van der Waals surface area (Å²) in [6.45, 7) is 6.10. The molecule has 6 heteroatoms. The first-order valence-electron chi connectivity index (χ1n) is 10.7. The van der Waals surface area contributed by atoms with E-state index in [1.165, 1.54) is 5.56 Å². The minimum absolute atomic E-state index is 0.159. The van der Waals surface area contributed by atoms with Crippen molar-refractivity contribution in [3.8, 4) is 17.2 Å². The van der Waals surface area contributed by atoms with Crippen LogP contribution >= 0.6 is 0 Å². The second kappa shape index (κ2) is 6.38. The molecule has 30 heavy (non-hydrogen) atoms. The summed E-state index contributed by atoms with van der Waals surface area (Å²) in [6.07, 6.45) is 2.39. The van der Waals surface area contributed by atoms with E-state index >= 15 is 0 Å². The maximum Gasteiger partial charge on any atom is 0.203 e. The molecule has 0 aromatic heterocycles. The lowest BCUT2D eigenvalue weighted by Crippen LogP contribution is -2.60. The Bertz CT molecular complexity index is 1030. The van der Waals surface area contributed by atoms with Gasteiger partial charge in [-0.1, -0.05) is 18.2 Å². The van der Waals surface area contributed by atoms with Gasteiger partial charge in [-0.05, 0) is 38.1 Å². The fourth-order valence-electron chi connectivity index (χ4n) is 5.20. The van der Waals surface area contributed by atoms with E-state index in [1.807, 2.05) is 12.1 Å². The van der Waals surface area contributed by atoms with Crippen molar-refractivity contribution < 1.29 is 18.9 Å². The fraction of sp³-hybridized carbons (Fsp3) is 0.458. The third-order valence-electron chi connectivity index (χ3n) is 6.47. The van der Waals surface area contributed by atoms with Gasteiger partial charge < -0.3 is 18.9 Å². The molecule has 0 N–H and O–H groups in total. The van der Waals surface area contributed by atoms with Crippen LogP contribution in [-0.4, -0.2) is 41.9 Å². The average Bonchev–Trinajstić information content (AvgIpc) is 3.20. The lowest BCUT2D eigenvalue weighted by Gasteiger charge is -2.52. The first-order chi connectivity index (χ1) is 14.5. The number of hydrogen-bond donors (Lipinski definition) is 0. The summed E-state index contributed by atoms with van der Waals surface area (Å²) in [5.41, 5.74) is 2.58. The molecule has 0 saturated carbocycles. The van der Waals surface area contributed by atoms with Crippen molar-refractivity contribution in [1.82, 2.24) is 5.01 Å². The predicted molar refractivity (Wildman–Crippen MR) is 112 cm³/mol. The number of hydrazone groups is 1. The lowest BCUT2D eigenvalue weighted by atomic mass is 9.86. The van der Waals surface area contributed by atoms with Gasteiger partial charge in [-0.15, -0.1) is 0 Å². The number of fused-ring (bicyclic) bond motifs is 5. The van der Waals surface area contributed by atoms with Gasteiger partial charge >= 0.3 is 0 Å². The molecule has 0 amide bonds. The first-order valence-corrected chi connectivity index (χ1v) is 10.7. The molecule has 4 heterocycles. The quantitative estimate of drug-likeness (QED) is 0.707.